The van der Waals surface area contributed by atoms with Crippen molar-refractivity contribution in [3.8, 4) is 0 Å². The van der Waals surface area contributed by atoms with E-state index in [4.69, 9.17) is 11.6 Å². The van der Waals surface area contributed by atoms with E-state index in [0.29, 0.717) is 5.02 Å². The molecule has 0 saturated heterocycles. The summed E-state index contributed by atoms with van der Waals surface area (Å²) in [5.74, 6) is -0.752. The number of carbonyl (C=O) groups is 2. The first-order chi connectivity index (χ1) is 17.1. The smallest absolute Gasteiger partial charge is 0.352 e. The Balaban J connectivity index is 2.21. The van der Waals surface area contributed by atoms with Crippen LogP contribution in [0.3, 0.4) is 0 Å². The molecule has 0 aliphatic heterocycles. The average Bonchev–Trinajstić information content (AvgIpc) is 2.79. The van der Waals surface area contributed by atoms with E-state index in [0.717, 1.165) is 34.3 Å². The number of nitrogens with zero attached hydrogens (tertiary/aromatic N) is 2. The molecule has 0 aromatic heterocycles. The lowest BCUT2D eigenvalue weighted by molar-refractivity contribution is -0.140. The quantitative estimate of drug-likeness (QED) is 0.425. The number of anilines is 1. The molecule has 0 aliphatic rings. The molecular formula is C25H31ClF3N3O4S. The third-order valence-corrected chi connectivity index (χ3v) is 6.92. The van der Waals surface area contributed by atoms with Crippen molar-refractivity contribution in [2.24, 2.45) is 0 Å². The van der Waals surface area contributed by atoms with Gasteiger partial charge in [0.2, 0.25) is 21.8 Å². The highest BCUT2D eigenvalue weighted by molar-refractivity contribution is 7.92. The van der Waals surface area contributed by atoms with Gasteiger partial charge in [-0.1, -0.05) is 29.8 Å². The van der Waals surface area contributed by atoms with Crippen LogP contribution in [0.5, 0.6) is 0 Å². The summed E-state index contributed by atoms with van der Waals surface area (Å²) in [6, 6.07) is 9.84. The molecule has 0 aliphatic carbocycles. The maximum Gasteiger partial charge on any atom is 0.416 e. The zero-order valence-corrected chi connectivity index (χ0v) is 22.6. The van der Waals surface area contributed by atoms with Gasteiger partial charge in [-0.2, -0.15) is 13.2 Å². The van der Waals surface area contributed by atoms with E-state index < -0.39 is 33.7 Å². The molecule has 1 atom stereocenters. The fourth-order valence-corrected chi connectivity index (χ4v) is 4.70. The summed E-state index contributed by atoms with van der Waals surface area (Å²) < 4.78 is 65.0. The number of nitrogens with one attached hydrogen (secondary N) is 1. The molecule has 37 heavy (non-hydrogen) atoms. The fraction of sp³-hybridized carbons (Fsp3) is 0.440. The number of rotatable bonds is 11. The molecular weight excluding hydrogens is 531 g/mol. The van der Waals surface area contributed by atoms with E-state index in [-0.39, 0.29) is 43.6 Å². The monoisotopic (exact) mass is 561 g/mol. The van der Waals surface area contributed by atoms with E-state index in [1.165, 1.54) is 11.0 Å². The van der Waals surface area contributed by atoms with Gasteiger partial charge in [-0.25, -0.2) is 8.42 Å². The molecule has 0 radical (unpaired) electrons. The second-order valence-corrected chi connectivity index (χ2v) is 11.3. The Labute approximate surface area is 220 Å². The van der Waals surface area contributed by atoms with Crippen molar-refractivity contribution >= 4 is 39.1 Å². The predicted molar refractivity (Wildman–Crippen MR) is 138 cm³/mol. The van der Waals surface area contributed by atoms with Crippen molar-refractivity contribution in [1.82, 2.24) is 10.2 Å². The van der Waals surface area contributed by atoms with Crippen LogP contribution < -0.4 is 9.62 Å². The third kappa shape index (κ3) is 9.23. The molecule has 12 heteroatoms. The van der Waals surface area contributed by atoms with E-state index in [9.17, 15) is 31.2 Å². The summed E-state index contributed by atoms with van der Waals surface area (Å²) in [5, 5.41) is 3.29. The Bertz CT molecular complexity index is 1190. The molecule has 0 bridgehead atoms. The lowest BCUT2D eigenvalue weighted by atomic mass is 10.1. The number of amides is 2. The minimum Gasteiger partial charge on any atom is -0.352 e. The van der Waals surface area contributed by atoms with Gasteiger partial charge in [0.05, 0.1) is 17.5 Å². The molecule has 1 unspecified atom stereocenters. The van der Waals surface area contributed by atoms with Crippen LogP contribution in [0.1, 0.15) is 44.7 Å². The van der Waals surface area contributed by atoms with Gasteiger partial charge >= 0.3 is 6.18 Å². The van der Waals surface area contributed by atoms with Crippen LogP contribution in [0.15, 0.2) is 48.5 Å². The summed E-state index contributed by atoms with van der Waals surface area (Å²) in [4.78, 5) is 27.2. The first-order valence-electron chi connectivity index (χ1n) is 11.6. The van der Waals surface area contributed by atoms with Crippen molar-refractivity contribution in [1.29, 1.82) is 0 Å². The van der Waals surface area contributed by atoms with E-state index >= 15 is 0 Å². The number of halogens is 4. The largest absolute Gasteiger partial charge is 0.416 e. The number of alkyl halides is 3. The van der Waals surface area contributed by atoms with E-state index in [2.05, 4.69) is 5.32 Å². The summed E-state index contributed by atoms with van der Waals surface area (Å²) in [5.41, 5.74) is -0.384. The van der Waals surface area contributed by atoms with Crippen molar-refractivity contribution in [3.63, 3.8) is 0 Å². The molecule has 2 aromatic rings. The number of sulfonamides is 1. The molecule has 0 spiro atoms. The molecule has 2 rings (SSSR count). The van der Waals surface area contributed by atoms with Crippen LogP contribution >= 0.6 is 11.6 Å². The highest BCUT2D eigenvalue weighted by atomic mass is 35.5. The molecule has 1 N–H and O–H groups in total. The van der Waals surface area contributed by atoms with Gasteiger partial charge in [0, 0.05) is 30.6 Å². The second-order valence-electron chi connectivity index (χ2n) is 8.97. The second kappa shape index (κ2) is 12.6. The standard InChI is InChI=1S/C25H31ClF3N3O4S/c1-17(2)30-24(34)18(3)31(16-19-10-12-21(26)13-11-19)23(33)9-6-14-32(37(4,35)36)22-8-5-7-20(15-22)25(27,28)29/h5,7-8,10-13,15,17-18H,6,9,14,16H2,1-4H3,(H,30,34). The Kier molecular flexibility index (Phi) is 10.4. The first-order valence-corrected chi connectivity index (χ1v) is 13.8. The number of benzene rings is 2. The normalized spacial score (nSPS) is 12.8. The minimum absolute atomic E-state index is 0.0256. The molecule has 0 fully saturated rings. The highest BCUT2D eigenvalue weighted by Crippen LogP contribution is 2.32. The SMILES string of the molecule is CC(C)NC(=O)C(C)N(Cc1ccc(Cl)cc1)C(=O)CCCN(c1cccc(C(F)(F)F)c1)S(C)(=O)=O. The summed E-state index contributed by atoms with van der Waals surface area (Å²) in [6.45, 7) is 5.09. The first kappa shape index (κ1) is 30.4. The Hall–Kier alpha value is -2.79. The van der Waals surface area contributed by atoms with Crippen LogP contribution in [-0.2, 0) is 32.3 Å². The highest BCUT2D eigenvalue weighted by Gasteiger charge is 2.32. The zero-order valence-electron chi connectivity index (χ0n) is 21.0. The van der Waals surface area contributed by atoms with Crippen molar-refractivity contribution in [2.45, 2.75) is 58.4 Å². The van der Waals surface area contributed by atoms with Gasteiger partial charge in [-0.3, -0.25) is 13.9 Å². The zero-order chi connectivity index (χ0) is 28.0. The van der Waals surface area contributed by atoms with Gasteiger partial charge < -0.3 is 10.2 Å². The van der Waals surface area contributed by atoms with Gasteiger partial charge in [-0.05, 0) is 63.1 Å². The number of hydrogen-bond acceptors (Lipinski definition) is 4. The van der Waals surface area contributed by atoms with Crippen molar-refractivity contribution in [2.75, 3.05) is 17.1 Å². The predicted octanol–water partition coefficient (Wildman–Crippen LogP) is 4.85. The fourth-order valence-electron chi connectivity index (χ4n) is 3.62. The molecule has 0 saturated carbocycles. The lowest BCUT2D eigenvalue weighted by Crippen LogP contribution is -2.49. The lowest BCUT2D eigenvalue weighted by Gasteiger charge is -2.30. The average molecular weight is 562 g/mol. The van der Waals surface area contributed by atoms with Crippen LogP contribution in [0.4, 0.5) is 18.9 Å². The third-order valence-electron chi connectivity index (χ3n) is 5.48. The van der Waals surface area contributed by atoms with Crippen molar-refractivity contribution < 1.29 is 31.2 Å². The van der Waals surface area contributed by atoms with Crippen LogP contribution in [-0.4, -0.2) is 50.0 Å². The topological polar surface area (TPSA) is 86.8 Å². The maximum atomic E-state index is 13.2. The van der Waals surface area contributed by atoms with Gasteiger partial charge in [0.15, 0.2) is 0 Å². The number of hydrogen-bond donors (Lipinski definition) is 1. The van der Waals surface area contributed by atoms with Crippen LogP contribution in [0.2, 0.25) is 5.02 Å². The summed E-state index contributed by atoms with van der Waals surface area (Å²) >= 11 is 5.94. The van der Waals surface area contributed by atoms with Crippen LogP contribution in [0.25, 0.3) is 0 Å². The Morgan fingerprint density at radius 1 is 1.05 bits per heavy atom. The molecule has 2 amide bonds. The van der Waals surface area contributed by atoms with E-state index in [1.54, 1.807) is 45.0 Å². The molecule has 7 nitrogen and oxygen atoms in total. The Morgan fingerprint density at radius 3 is 2.22 bits per heavy atom. The number of carbonyl (C=O) groups excluding carboxylic acids is 2. The Morgan fingerprint density at radius 2 is 1.68 bits per heavy atom. The molecule has 204 valence electrons. The van der Waals surface area contributed by atoms with Gasteiger partial charge in [0.1, 0.15) is 6.04 Å². The summed E-state index contributed by atoms with van der Waals surface area (Å²) in [6.07, 6.45) is -3.85. The molecule has 2 aromatic carbocycles. The van der Waals surface area contributed by atoms with Gasteiger partial charge in [0.25, 0.3) is 0 Å². The minimum atomic E-state index is -4.63. The molecule has 0 heterocycles. The summed E-state index contributed by atoms with van der Waals surface area (Å²) in [7, 11) is -3.93. The van der Waals surface area contributed by atoms with Gasteiger partial charge in [-0.15, -0.1) is 0 Å². The maximum absolute atomic E-state index is 13.2. The van der Waals surface area contributed by atoms with Crippen LogP contribution in [0, 0.1) is 0 Å². The van der Waals surface area contributed by atoms with Crippen molar-refractivity contribution in [3.05, 3.63) is 64.7 Å². The van der Waals surface area contributed by atoms with E-state index in [1.807, 2.05) is 0 Å².